The molecule has 0 saturated heterocycles. The van der Waals surface area contributed by atoms with Crippen molar-refractivity contribution in [1.29, 1.82) is 0 Å². The molecule has 0 bridgehead atoms. The fraction of sp³-hybridized carbons (Fsp3) is 0.250. The Bertz CT molecular complexity index is 1560. The van der Waals surface area contributed by atoms with Gasteiger partial charge in [0.15, 0.2) is 0 Å². The quantitative estimate of drug-likeness (QED) is 0.0788. The molecular formula is C32H34NO6P. The number of carbonyl (C=O) groups excluding carboxylic acids is 2. The van der Waals surface area contributed by atoms with Crippen molar-refractivity contribution in [3.8, 4) is 5.75 Å². The Hall–Kier alpha value is -3.93. The van der Waals surface area contributed by atoms with Gasteiger partial charge in [0.1, 0.15) is 18.4 Å². The molecule has 0 saturated carbocycles. The Morgan fingerprint density at radius 3 is 2.52 bits per heavy atom. The maximum atomic E-state index is 14.4. The largest absolute Gasteiger partial charge is 0.465 e. The van der Waals surface area contributed by atoms with E-state index in [4.69, 9.17) is 14.0 Å². The summed E-state index contributed by atoms with van der Waals surface area (Å²) in [6, 6.07) is 23.3. The van der Waals surface area contributed by atoms with Crippen molar-refractivity contribution in [2.45, 2.75) is 38.9 Å². The lowest BCUT2D eigenvalue weighted by Crippen LogP contribution is -2.35. The molecule has 7 nitrogen and oxygen atoms in total. The molecule has 0 aliphatic carbocycles. The van der Waals surface area contributed by atoms with Gasteiger partial charge in [0.05, 0.1) is 18.3 Å². The monoisotopic (exact) mass is 559 g/mol. The van der Waals surface area contributed by atoms with E-state index in [1.54, 1.807) is 25.1 Å². The van der Waals surface area contributed by atoms with Crippen molar-refractivity contribution in [1.82, 2.24) is 5.09 Å². The summed E-state index contributed by atoms with van der Waals surface area (Å²) in [5.41, 5.74) is 1.12. The summed E-state index contributed by atoms with van der Waals surface area (Å²) in [4.78, 5) is 25.0. The minimum absolute atomic E-state index is 0.00385. The molecule has 8 heteroatoms. The highest BCUT2D eigenvalue weighted by molar-refractivity contribution is 7.56. The van der Waals surface area contributed by atoms with Crippen molar-refractivity contribution >= 4 is 41.0 Å². The Labute approximate surface area is 234 Å². The van der Waals surface area contributed by atoms with Crippen molar-refractivity contribution in [2.75, 3.05) is 13.2 Å². The van der Waals surface area contributed by atoms with Crippen LogP contribution in [0.5, 0.6) is 5.75 Å². The van der Waals surface area contributed by atoms with Crippen LogP contribution in [0.4, 0.5) is 0 Å². The van der Waals surface area contributed by atoms with Gasteiger partial charge in [0.2, 0.25) is 0 Å². The smallest absolute Gasteiger partial charge is 0.338 e. The molecule has 4 rings (SSSR count). The minimum atomic E-state index is -3.69. The average Bonchev–Trinajstić information content (AvgIpc) is 2.95. The van der Waals surface area contributed by atoms with Crippen molar-refractivity contribution in [2.24, 2.45) is 0 Å². The van der Waals surface area contributed by atoms with E-state index in [0.717, 1.165) is 34.4 Å². The van der Waals surface area contributed by atoms with Gasteiger partial charge >= 0.3 is 19.5 Å². The number of hydrogen-bond donors (Lipinski definition) is 1. The molecule has 0 aromatic heterocycles. The summed E-state index contributed by atoms with van der Waals surface area (Å²) < 4.78 is 31.2. The van der Waals surface area contributed by atoms with Crippen LogP contribution < -0.4 is 9.61 Å². The van der Waals surface area contributed by atoms with Crippen LogP contribution in [0.2, 0.25) is 0 Å². The first-order valence-corrected chi connectivity index (χ1v) is 15.1. The normalized spacial score (nSPS) is 13.3. The molecule has 4 aromatic rings. The molecule has 1 N–H and O–H groups in total. The second kappa shape index (κ2) is 13.4. The standard InChI is InChI=1S/C32H34NO6P/c1-4-6-19-38-31(34)23(3)33-40(36,39-30-13-9-11-26-10-7-8-12-29(26)30)22-24-14-15-25-16-17-27(21-28(25)20-24)32(35)37-18-5-2/h5,7-17,20-21,23H,2,4,6,18-19,22H2,1,3H3,(H,33,36)/t23-,40?/m0/s1. The zero-order valence-electron chi connectivity index (χ0n) is 22.8. The SMILES string of the molecule is C=CCOC(=O)c1ccc2ccc(CP(=O)(N[C@@H](C)C(=O)OCCCC)Oc3cccc4ccccc34)cc2c1. The van der Waals surface area contributed by atoms with Gasteiger partial charge in [0.25, 0.3) is 0 Å². The molecule has 0 aliphatic heterocycles. The van der Waals surface area contributed by atoms with Crippen molar-refractivity contribution in [3.63, 3.8) is 0 Å². The van der Waals surface area contributed by atoms with Crippen molar-refractivity contribution < 1.29 is 28.2 Å². The predicted molar refractivity (Wildman–Crippen MR) is 159 cm³/mol. The summed E-state index contributed by atoms with van der Waals surface area (Å²) in [5, 5.41) is 6.41. The van der Waals surface area contributed by atoms with Gasteiger partial charge in [-0.1, -0.05) is 86.7 Å². The molecule has 1 unspecified atom stereocenters. The fourth-order valence-electron chi connectivity index (χ4n) is 4.31. The molecule has 0 radical (unpaired) electrons. The fourth-order valence-corrected chi connectivity index (χ4v) is 6.37. The summed E-state index contributed by atoms with van der Waals surface area (Å²) in [7, 11) is -3.69. The maximum absolute atomic E-state index is 14.4. The Morgan fingerprint density at radius 1 is 0.950 bits per heavy atom. The van der Waals surface area contributed by atoms with Gasteiger partial charge in [-0.05, 0) is 53.3 Å². The van der Waals surface area contributed by atoms with Gasteiger partial charge < -0.3 is 14.0 Å². The van der Waals surface area contributed by atoms with Gasteiger partial charge in [0, 0.05) is 5.39 Å². The van der Waals surface area contributed by atoms with Crippen LogP contribution in [-0.2, 0) is 25.0 Å². The van der Waals surface area contributed by atoms with Crippen LogP contribution in [0.1, 0.15) is 42.6 Å². The Balaban J connectivity index is 1.65. The van der Waals surface area contributed by atoms with Crippen LogP contribution in [-0.4, -0.2) is 31.2 Å². The lowest BCUT2D eigenvalue weighted by Gasteiger charge is -2.24. The minimum Gasteiger partial charge on any atom is -0.465 e. The lowest BCUT2D eigenvalue weighted by molar-refractivity contribution is -0.145. The Kier molecular flexibility index (Phi) is 9.75. The van der Waals surface area contributed by atoms with Gasteiger partial charge in [-0.3, -0.25) is 9.36 Å². The Morgan fingerprint density at radius 2 is 1.73 bits per heavy atom. The third-order valence-electron chi connectivity index (χ3n) is 6.34. The van der Waals surface area contributed by atoms with E-state index >= 15 is 0 Å². The molecule has 4 aromatic carbocycles. The first kappa shape index (κ1) is 29.1. The number of benzene rings is 4. The van der Waals surface area contributed by atoms with Crippen LogP contribution in [0.25, 0.3) is 21.5 Å². The molecule has 0 amide bonds. The highest BCUT2D eigenvalue weighted by atomic mass is 31.2. The first-order valence-electron chi connectivity index (χ1n) is 13.3. The molecular weight excluding hydrogens is 525 g/mol. The third-order valence-corrected chi connectivity index (χ3v) is 8.40. The number of esters is 2. The number of rotatable bonds is 13. The van der Waals surface area contributed by atoms with E-state index in [9.17, 15) is 14.2 Å². The highest BCUT2D eigenvalue weighted by Gasteiger charge is 2.31. The van der Waals surface area contributed by atoms with Crippen LogP contribution in [0.15, 0.2) is 91.5 Å². The van der Waals surface area contributed by atoms with E-state index in [-0.39, 0.29) is 12.8 Å². The summed E-state index contributed by atoms with van der Waals surface area (Å²) in [6.45, 7) is 7.63. The van der Waals surface area contributed by atoms with E-state index in [0.29, 0.717) is 23.5 Å². The molecule has 40 heavy (non-hydrogen) atoms. The second-order valence-corrected chi connectivity index (χ2v) is 11.7. The third kappa shape index (κ3) is 7.38. The average molecular weight is 560 g/mol. The van der Waals surface area contributed by atoms with Gasteiger partial charge in [-0.15, -0.1) is 0 Å². The summed E-state index contributed by atoms with van der Waals surface area (Å²) in [6.07, 6.45) is 3.16. The molecule has 0 aliphatic rings. The van der Waals surface area contributed by atoms with Crippen LogP contribution >= 0.6 is 7.52 Å². The number of nitrogens with one attached hydrogen (secondary N) is 1. The maximum Gasteiger partial charge on any atom is 0.338 e. The van der Waals surface area contributed by atoms with Gasteiger partial charge in [-0.25, -0.2) is 9.88 Å². The summed E-state index contributed by atoms with van der Waals surface area (Å²) >= 11 is 0. The predicted octanol–water partition coefficient (Wildman–Crippen LogP) is 7.43. The molecule has 2 atom stereocenters. The number of hydrogen-bond acceptors (Lipinski definition) is 6. The van der Waals surface area contributed by atoms with Gasteiger partial charge in [-0.2, -0.15) is 0 Å². The molecule has 0 heterocycles. The zero-order valence-corrected chi connectivity index (χ0v) is 23.7. The zero-order chi connectivity index (χ0) is 28.5. The van der Waals surface area contributed by atoms with Crippen LogP contribution in [0.3, 0.4) is 0 Å². The van der Waals surface area contributed by atoms with E-state index in [1.165, 1.54) is 6.08 Å². The number of ether oxygens (including phenoxy) is 2. The van der Waals surface area contributed by atoms with Crippen molar-refractivity contribution in [3.05, 3.63) is 103 Å². The number of unbranched alkanes of at least 4 members (excludes halogenated alkanes) is 1. The van der Waals surface area contributed by atoms with E-state index in [2.05, 4.69) is 11.7 Å². The molecule has 0 spiro atoms. The topological polar surface area (TPSA) is 90.9 Å². The molecule has 0 fully saturated rings. The van der Waals surface area contributed by atoms with E-state index in [1.807, 2.05) is 67.6 Å². The number of fused-ring (bicyclic) bond motifs is 2. The molecule has 208 valence electrons. The first-order chi connectivity index (χ1) is 19.3. The summed E-state index contributed by atoms with van der Waals surface area (Å²) in [5.74, 6) is -0.487. The van der Waals surface area contributed by atoms with Crippen LogP contribution in [0, 0.1) is 0 Å². The highest BCUT2D eigenvalue weighted by Crippen LogP contribution is 2.49. The second-order valence-electron chi connectivity index (χ2n) is 9.56. The number of carbonyl (C=O) groups is 2. The van der Waals surface area contributed by atoms with E-state index < -0.39 is 25.5 Å². The lowest BCUT2D eigenvalue weighted by atomic mass is 10.0.